The Morgan fingerprint density at radius 1 is 1.10 bits per heavy atom. The Morgan fingerprint density at radius 3 is 2.35 bits per heavy atom. The minimum absolute atomic E-state index is 0.163. The van der Waals surface area contributed by atoms with Crippen LogP contribution in [0.1, 0.15) is 32.1 Å². The van der Waals surface area contributed by atoms with Crippen molar-refractivity contribution >= 4 is 11.4 Å². The van der Waals surface area contributed by atoms with E-state index >= 15 is 0 Å². The van der Waals surface area contributed by atoms with Gasteiger partial charge in [-0.1, -0.05) is 6.42 Å². The Kier molecular flexibility index (Phi) is 3.61. The number of non-ortho nitro benzene ring substituents is 1. The molecular weight excluding hydrogens is 254 g/mol. The first-order valence-electron chi connectivity index (χ1n) is 7.43. The minimum Gasteiger partial charge on any atom is -0.371 e. The van der Waals surface area contributed by atoms with Gasteiger partial charge in [0, 0.05) is 36.4 Å². The van der Waals surface area contributed by atoms with Crippen LogP contribution in [0.25, 0.3) is 0 Å². The molecule has 2 fully saturated rings. The van der Waals surface area contributed by atoms with Crippen LogP contribution in [-0.2, 0) is 0 Å². The number of hydrogen-bond acceptors (Lipinski definition) is 4. The minimum atomic E-state index is -0.346. The molecule has 3 rings (SSSR count). The van der Waals surface area contributed by atoms with Gasteiger partial charge in [0.25, 0.3) is 5.69 Å². The molecule has 0 amide bonds. The summed E-state index contributed by atoms with van der Waals surface area (Å²) in [5.41, 5.74) is 1.62. The van der Waals surface area contributed by atoms with Crippen LogP contribution in [0.5, 0.6) is 0 Å². The Labute approximate surface area is 119 Å². The molecule has 0 aliphatic carbocycles. The van der Waals surface area contributed by atoms with E-state index in [2.05, 4.69) is 10.2 Å². The SMILES string of the molecule is O=[N+]([O-])c1ccc(N2CCC3(CCCCN3)CC2)cc1. The Morgan fingerprint density at radius 2 is 1.80 bits per heavy atom. The van der Waals surface area contributed by atoms with Gasteiger partial charge >= 0.3 is 0 Å². The van der Waals surface area contributed by atoms with Gasteiger partial charge in [-0.2, -0.15) is 0 Å². The highest BCUT2D eigenvalue weighted by Gasteiger charge is 2.35. The van der Waals surface area contributed by atoms with Crippen LogP contribution in [0.15, 0.2) is 24.3 Å². The second kappa shape index (κ2) is 5.40. The second-order valence-electron chi connectivity index (χ2n) is 5.92. The van der Waals surface area contributed by atoms with E-state index in [1.807, 2.05) is 12.1 Å². The predicted octanol–water partition coefficient (Wildman–Crippen LogP) is 2.71. The number of benzene rings is 1. The molecule has 1 spiro atoms. The average Bonchev–Trinajstić information content (AvgIpc) is 2.49. The van der Waals surface area contributed by atoms with E-state index in [0.29, 0.717) is 5.54 Å². The van der Waals surface area contributed by atoms with Crippen molar-refractivity contribution in [3.63, 3.8) is 0 Å². The molecule has 108 valence electrons. The molecule has 2 saturated heterocycles. The maximum atomic E-state index is 10.7. The highest BCUT2D eigenvalue weighted by molar-refractivity contribution is 5.51. The van der Waals surface area contributed by atoms with Gasteiger partial charge in [0.1, 0.15) is 0 Å². The van der Waals surface area contributed by atoms with E-state index in [0.717, 1.165) is 25.3 Å². The standard InChI is InChI=1S/C15H21N3O2/c19-18(20)14-5-3-13(4-6-14)17-11-8-15(9-12-17)7-1-2-10-16-15/h3-6,16H,1-2,7-12H2. The molecule has 2 aliphatic rings. The highest BCUT2D eigenvalue weighted by atomic mass is 16.6. The summed E-state index contributed by atoms with van der Waals surface area (Å²) in [7, 11) is 0. The molecule has 2 heterocycles. The molecular formula is C15H21N3O2. The van der Waals surface area contributed by atoms with Crippen LogP contribution in [0, 0.1) is 10.1 Å². The first-order valence-corrected chi connectivity index (χ1v) is 7.43. The lowest BCUT2D eigenvalue weighted by Crippen LogP contribution is -2.55. The summed E-state index contributed by atoms with van der Waals surface area (Å²) in [5, 5.41) is 14.4. The van der Waals surface area contributed by atoms with E-state index in [9.17, 15) is 10.1 Å². The van der Waals surface area contributed by atoms with Crippen molar-refractivity contribution in [3.05, 3.63) is 34.4 Å². The molecule has 0 saturated carbocycles. The quantitative estimate of drug-likeness (QED) is 0.666. The molecule has 1 aromatic rings. The monoisotopic (exact) mass is 275 g/mol. The van der Waals surface area contributed by atoms with Gasteiger partial charge in [0.2, 0.25) is 0 Å². The van der Waals surface area contributed by atoms with Crippen molar-refractivity contribution in [2.75, 3.05) is 24.5 Å². The Balaban J connectivity index is 1.64. The molecule has 0 bridgehead atoms. The van der Waals surface area contributed by atoms with Crippen LogP contribution in [0.2, 0.25) is 0 Å². The number of piperidine rings is 2. The average molecular weight is 275 g/mol. The largest absolute Gasteiger partial charge is 0.371 e. The van der Waals surface area contributed by atoms with Crippen molar-refractivity contribution in [2.45, 2.75) is 37.6 Å². The number of nitro benzene ring substituents is 1. The summed E-state index contributed by atoms with van der Waals surface area (Å²) in [6, 6.07) is 6.92. The number of rotatable bonds is 2. The second-order valence-corrected chi connectivity index (χ2v) is 5.92. The van der Waals surface area contributed by atoms with Crippen molar-refractivity contribution in [1.29, 1.82) is 0 Å². The third kappa shape index (κ3) is 2.63. The zero-order chi connectivity index (χ0) is 14.0. The molecule has 2 aliphatic heterocycles. The van der Waals surface area contributed by atoms with Gasteiger partial charge < -0.3 is 10.2 Å². The summed E-state index contributed by atoms with van der Waals surface area (Å²) in [6.07, 6.45) is 6.27. The van der Waals surface area contributed by atoms with Crippen LogP contribution >= 0.6 is 0 Å². The molecule has 1 N–H and O–H groups in total. The van der Waals surface area contributed by atoms with Crippen molar-refractivity contribution in [1.82, 2.24) is 5.32 Å². The maximum Gasteiger partial charge on any atom is 0.269 e. The van der Waals surface area contributed by atoms with Gasteiger partial charge in [0.05, 0.1) is 4.92 Å². The van der Waals surface area contributed by atoms with Gasteiger partial charge in [-0.05, 0) is 44.4 Å². The molecule has 0 unspecified atom stereocenters. The van der Waals surface area contributed by atoms with Gasteiger partial charge in [-0.3, -0.25) is 10.1 Å². The fourth-order valence-electron chi connectivity index (χ4n) is 3.44. The third-order valence-corrected chi connectivity index (χ3v) is 4.73. The van der Waals surface area contributed by atoms with E-state index in [1.165, 1.54) is 32.1 Å². The summed E-state index contributed by atoms with van der Waals surface area (Å²) >= 11 is 0. The smallest absolute Gasteiger partial charge is 0.269 e. The third-order valence-electron chi connectivity index (χ3n) is 4.73. The number of hydrogen-bond donors (Lipinski definition) is 1. The molecule has 0 radical (unpaired) electrons. The fraction of sp³-hybridized carbons (Fsp3) is 0.600. The molecule has 0 aromatic heterocycles. The van der Waals surface area contributed by atoms with E-state index in [1.54, 1.807) is 12.1 Å². The summed E-state index contributed by atoms with van der Waals surface area (Å²) in [5.74, 6) is 0. The summed E-state index contributed by atoms with van der Waals surface area (Å²) in [4.78, 5) is 12.7. The maximum absolute atomic E-state index is 10.7. The van der Waals surface area contributed by atoms with Crippen LogP contribution in [0.3, 0.4) is 0 Å². The zero-order valence-corrected chi connectivity index (χ0v) is 11.7. The number of anilines is 1. The number of nitro groups is 1. The number of nitrogens with zero attached hydrogens (tertiary/aromatic N) is 2. The van der Waals surface area contributed by atoms with Crippen molar-refractivity contribution < 1.29 is 4.92 Å². The highest BCUT2D eigenvalue weighted by Crippen LogP contribution is 2.32. The van der Waals surface area contributed by atoms with Gasteiger partial charge in [0.15, 0.2) is 0 Å². The Bertz CT molecular complexity index is 470. The van der Waals surface area contributed by atoms with Crippen LogP contribution in [-0.4, -0.2) is 30.1 Å². The first-order chi connectivity index (χ1) is 9.69. The first kappa shape index (κ1) is 13.4. The zero-order valence-electron chi connectivity index (χ0n) is 11.7. The fourth-order valence-corrected chi connectivity index (χ4v) is 3.44. The van der Waals surface area contributed by atoms with Crippen molar-refractivity contribution in [3.8, 4) is 0 Å². The summed E-state index contributed by atoms with van der Waals surface area (Å²) < 4.78 is 0. The topological polar surface area (TPSA) is 58.4 Å². The Hall–Kier alpha value is -1.62. The van der Waals surface area contributed by atoms with Crippen LogP contribution < -0.4 is 10.2 Å². The van der Waals surface area contributed by atoms with Crippen molar-refractivity contribution in [2.24, 2.45) is 0 Å². The molecule has 0 atom stereocenters. The molecule has 5 heteroatoms. The number of nitrogens with one attached hydrogen (secondary N) is 1. The lowest BCUT2D eigenvalue weighted by Gasteiger charge is -2.45. The molecule has 5 nitrogen and oxygen atoms in total. The molecule has 20 heavy (non-hydrogen) atoms. The lowest BCUT2D eigenvalue weighted by atomic mass is 9.80. The van der Waals surface area contributed by atoms with Crippen LogP contribution in [0.4, 0.5) is 11.4 Å². The van der Waals surface area contributed by atoms with E-state index < -0.39 is 0 Å². The lowest BCUT2D eigenvalue weighted by molar-refractivity contribution is -0.384. The molecule has 1 aromatic carbocycles. The van der Waals surface area contributed by atoms with E-state index in [-0.39, 0.29) is 10.6 Å². The van der Waals surface area contributed by atoms with E-state index in [4.69, 9.17) is 0 Å². The van der Waals surface area contributed by atoms with Gasteiger partial charge in [-0.15, -0.1) is 0 Å². The predicted molar refractivity (Wildman–Crippen MR) is 79.1 cm³/mol. The normalized spacial score (nSPS) is 21.9. The summed E-state index contributed by atoms with van der Waals surface area (Å²) in [6.45, 7) is 3.22. The van der Waals surface area contributed by atoms with Gasteiger partial charge in [-0.25, -0.2) is 0 Å².